The van der Waals surface area contributed by atoms with E-state index in [4.69, 9.17) is 4.74 Å². The smallest absolute Gasteiger partial charge is 0.344 e. The Kier molecular flexibility index (Phi) is 6.10. The van der Waals surface area contributed by atoms with Gasteiger partial charge in [-0.3, -0.25) is 15.0 Å². The van der Waals surface area contributed by atoms with Crippen LogP contribution in [0.25, 0.3) is 0 Å². The minimum absolute atomic E-state index is 0.316. The van der Waals surface area contributed by atoms with Gasteiger partial charge in [-0.15, -0.1) is 0 Å². The van der Waals surface area contributed by atoms with Gasteiger partial charge >= 0.3 is 6.03 Å². The van der Waals surface area contributed by atoms with E-state index in [-0.39, 0.29) is 6.61 Å². The molecular formula is C23H27N3O4. The average molecular weight is 409 g/mol. The maximum absolute atomic E-state index is 13.0. The second-order valence-corrected chi connectivity index (χ2v) is 7.70. The van der Waals surface area contributed by atoms with Crippen molar-refractivity contribution >= 4 is 17.8 Å². The molecule has 2 aromatic rings. The first-order valence-corrected chi connectivity index (χ1v) is 10.0. The highest BCUT2D eigenvalue weighted by atomic mass is 16.5. The number of ether oxygens (including phenoxy) is 1. The van der Waals surface area contributed by atoms with Gasteiger partial charge in [0.05, 0.1) is 0 Å². The van der Waals surface area contributed by atoms with Gasteiger partial charge in [-0.25, -0.2) is 4.79 Å². The SMILES string of the molecule is CC[C@@]1(c2ccccc2)NC(=O)N(NC(=O)COc2cc(C(C)C)ccc2C)C1=O. The van der Waals surface area contributed by atoms with Crippen molar-refractivity contribution < 1.29 is 19.1 Å². The van der Waals surface area contributed by atoms with Crippen LogP contribution in [0.5, 0.6) is 5.75 Å². The van der Waals surface area contributed by atoms with E-state index in [1.54, 1.807) is 24.3 Å². The highest BCUT2D eigenvalue weighted by Crippen LogP contribution is 2.31. The van der Waals surface area contributed by atoms with Crippen molar-refractivity contribution in [3.05, 3.63) is 65.2 Å². The Hall–Kier alpha value is -3.35. The molecule has 158 valence electrons. The number of imide groups is 1. The molecule has 0 aromatic heterocycles. The molecule has 0 unspecified atom stereocenters. The summed E-state index contributed by atoms with van der Waals surface area (Å²) in [5.74, 6) is -0.186. The lowest BCUT2D eigenvalue weighted by Gasteiger charge is -2.25. The first kappa shape index (κ1) is 21.4. The highest BCUT2D eigenvalue weighted by Gasteiger charge is 2.52. The number of aryl methyl sites for hydroxylation is 1. The Morgan fingerprint density at radius 2 is 1.87 bits per heavy atom. The second kappa shape index (κ2) is 8.57. The molecule has 4 amide bonds. The summed E-state index contributed by atoms with van der Waals surface area (Å²) in [6.07, 6.45) is 0.353. The summed E-state index contributed by atoms with van der Waals surface area (Å²) in [7, 11) is 0. The fourth-order valence-electron chi connectivity index (χ4n) is 3.47. The number of nitrogens with one attached hydrogen (secondary N) is 2. The van der Waals surface area contributed by atoms with Crippen LogP contribution in [0, 0.1) is 6.92 Å². The van der Waals surface area contributed by atoms with Crippen molar-refractivity contribution in [2.75, 3.05) is 6.61 Å². The lowest BCUT2D eigenvalue weighted by molar-refractivity contribution is -0.140. The number of carbonyl (C=O) groups is 3. The zero-order valence-corrected chi connectivity index (χ0v) is 17.7. The van der Waals surface area contributed by atoms with Crippen molar-refractivity contribution in [1.29, 1.82) is 0 Å². The molecule has 1 aliphatic heterocycles. The predicted molar refractivity (Wildman–Crippen MR) is 113 cm³/mol. The minimum atomic E-state index is -1.20. The number of hydrazine groups is 1. The third-order valence-electron chi connectivity index (χ3n) is 5.36. The summed E-state index contributed by atoms with van der Waals surface area (Å²) >= 11 is 0. The molecule has 0 bridgehead atoms. The van der Waals surface area contributed by atoms with Crippen LogP contribution in [0.3, 0.4) is 0 Å². The normalized spacial score (nSPS) is 18.5. The Morgan fingerprint density at radius 1 is 1.17 bits per heavy atom. The number of urea groups is 1. The van der Waals surface area contributed by atoms with Gasteiger partial charge in [-0.1, -0.05) is 63.2 Å². The molecule has 1 aliphatic rings. The van der Waals surface area contributed by atoms with Crippen LogP contribution in [-0.4, -0.2) is 29.5 Å². The number of nitrogens with zero attached hydrogens (tertiary/aromatic N) is 1. The number of rotatable bonds is 7. The zero-order valence-electron chi connectivity index (χ0n) is 17.7. The number of benzene rings is 2. The van der Waals surface area contributed by atoms with Crippen molar-refractivity contribution in [1.82, 2.24) is 15.8 Å². The van der Waals surface area contributed by atoms with E-state index >= 15 is 0 Å². The standard InChI is InChI=1S/C23H27N3O4/c1-5-23(18-9-7-6-8-10-18)21(28)26(22(29)24-23)25-20(27)14-30-19-13-17(15(2)3)12-11-16(19)4/h6-13,15H,5,14H2,1-4H3,(H,24,29)(H,25,27)/t23-/m0/s1. The van der Waals surface area contributed by atoms with Gasteiger partial charge in [0.1, 0.15) is 11.3 Å². The van der Waals surface area contributed by atoms with E-state index in [0.717, 1.165) is 16.1 Å². The fourth-order valence-corrected chi connectivity index (χ4v) is 3.47. The Balaban J connectivity index is 1.69. The van der Waals surface area contributed by atoms with Crippen LogP contribution in [0.1, 0.15) is 49.8 Å². The summed E-state index contributed by atoms with van der Waals surface area (Å²) in [6, 6.07) is 14.2. The van der Waals surface area contributed by atoms with Crippen LogP contribution < -0.4 is 15.5 Å². The maximum Gasteiger partial charge on any atom is 0.344 e. The number of amides is 4. The maximum atomic E-state index is 13.0. The van der Waals surface area contributed by atoms with Crippen LogP contribution in [-0.2, 0) is 15.1 Å². The molecule has 30 heavy (non-hydrogen) atoms. The summed E-state index contributed by atoms with van der Waals surface area (Å²) in [5, 5.41) is 3.46. The van der Waals surface area contributed by atoms with Gasteiger partial charge in [0.15, 0.2) is 6.61 Å². The van der Waals surface area contributed by atoms with Gasteiger partial charge in [0.25, 0.3) is 11.8 Å². The molecular weight excluding hydrogens is 382 g/mol. The van der Waals surface area contributed by atoms with Crippen molar-refractivity contribution in [2.45, 2.75) is 45.6 Å². The summed E-state index contributed by atoms with van der Waals surface area (Å²) in [4.78, 5) is 37.9. The molecule has 0 aliphatic carbocycles. The van der Waals surface area contributed by atoms with Gasteiger partial charge in [0.2, 0.25) is 0 Å². The van der Waals surface area contributed by atoms with Gasteiger partial charge in [-0.05, 0) is 42.0 Å². The summed E-state index contributed by atoms with van der Waals surface area (Å²) < 4.78 is 5.65. The molecule has 2 N–H and O–H groups in total. The largest absolute Gasteiger partial charge is 0.483 e. The van der Waals surface area contributed by atoms with E-state index < -0.39 is 23.4 Å². The predicted octanol–water partition coefficient (Wildman–Crippen LogP) is 3.39. The summed E-state index contributed by atoms with van der Waals surface area (Å²) in [5.41, 5.74) is 3.84. The lowest BCUT2D eigenvalue weighted by Crippen LogP contribution is -2.49. The van der Waals surface area contributed by atoms with Crippen LogP contribution >= 0.6 is 0 Å². The first-order chi connectivity index (χ1) is 14.3. The monoisotopic (exact) mass is 409 g/mol. The van der Waals surface area contributed by atoms with E-state index in [9.17, 15) is 14.4 Å². The van der Waals surface area contributed by atoms with Crippen molar-refractivity contribution in [3.8, 4) is 5.75 Å². The number of carbonyl (C=O) groups excluding carboxylic acids is 3. The molecule has 7 heteroatoms. The van der Waals surface area contributed by atoms with Crippen LogP contribution in [0.4, 0.5) is 4.79 Å². The molecule has 0 radical (unpaired) electrons. The number of hydrogen-bond acceptors (Lipinski definition) is 4. The van der Waals surface area contributed by atoms with Gasteiger partial charge < -0.3 is 10.1 Å². The molecule has 1 heterocycles. The fraction of sp³-hybridized carbons (Fsp3) is 0.348. The van der Waals surface area contributed by atoms with E-state index in [2.05, 4.69) is 24.6 Å². The van der Waals surface area contributed by atoms with Crippen LogP contribution in [0.2, 0.25) is 0 Å². The second-order valence-electron chi connectivity index (χ2n) is 7.70. The average Bonchev–Trinajstić information content (AvgIpc) is 2.98. The molecule has 7 nitrogen and oxygen atoms in total. The third-order valence-corrected chi connectivity index (χ3v) is 5.36. The Morgan fingerprint density at radius 3 is 2.50 bits per heavy atom. The Labute approximate surface area is 176 Å². The molecule has 3 rings (SSSR count). The molecule has 1 atom stereocenters. The lowest BCUT2D eigenvalue weighted by atomic mass is 9.87. The van der Waals surface area contributed by atoms with Crippen LogP contribution in [0.15, 0.2) is 48.5 Å². The zero-order chi connectivity index (χ0) is 21.9. The summed E-state index contributed by atoms with van der Waals surface area (Å²) in [6.45, 7) is 7.54. The van der Waals surface area contributed by atoms with Crippen molar-refractivity contribution in [3.63, 3.8) is 0 Å². The van der Waals surface area contributed by atoms with Gasteiger partial charge in [0, 0.05) is 0 Å². The topological polar surface area (TPSA) is 87.7 Å². The molecule has 1 saturated heterocycles. The third kappa shape index (κ3) is 4.01. The molecule has 0 saturated carbocycles. The molecule has 2 aromatic carbocycles. The molecule has 0 spiro atoms. The molecule has 1 fully saturated rings. The van der Waals surface area contributed by atoms with Crippen molar-refractivity contribution in [2.24, 2.45) is 0 Å². The number of hydrogen-bond donors (Lipinski definition) is 2. The van der Waals surface area contributed by atoms with E-state index in [0.29, 0.717) is 23.7 Å². The minimum Gasteiger partial charge on any atom is -0.483 e. The van der Waals surface area contributed by atoms with Gasteiger partial charge in [-0.2, -0.15) is 5.01 Å². The van der Waals surface area contributed by atoms with E-state index in [1.165, 1.54) is 0 Å². The first-order valence-electron chi connectivity index (χ1n) is 10.0. The quantitative estimate of drug-likeness (QED) is 0.686. The van der Waals surface area contributed by atoms with E-state index in [1.807, 2.05) is 38.1 Å². The Bertz CT molecular complexity index is 958. The highest BCUT2D eigenvalue weighted by molar-refractivity contribution is 6.08.